The normalized spacial score (nSPS) is 19.5. The highest BCUT2D eigenvalue weighted by Gasteiger charge is 2.53. The Morgan fingerprint density at radius 1 is 1.16 bits per heavy atom. The zero-order chi connectivity index (χ0) is 26.4. The van der Waals surface area contributed by atoms with Crippen LogP contribution in [-0.2, 0) is 11.4 Å². The first kappa shape index (κ1) is 26.8. The van der Waals surface area contributed by atoms with E-state index in [-0.39, 0.29) is 16.9 Å². The zero-order valence-corrected chi connectivity index (χ0v) is 23.6. The van der Waals surface area contributed by atoms with E-state index in [0.29, 0.717) is 41.5 Å². The Morgan fingerprint density at radius 2 is 1.92 bits per heavy atom. The van der Waals surface area contributed by atoms with E-state index in [2.05, 4.69) is 24.6 Å². The maximum absolute atomic E-state index is 14.7. The number of hydrogen-bond donors (Lipinski definition) is 1. The number of halogens is 3. The quantitative estimate of drug-likeness (QED) is 0.290. The molecule has 1 saturated heterocycles. The molecule has 1 fully saturated rings. The summed E-state index contributed by atoms with van der Waals surface area (Å²) >= 11 is 12.3. The third kappa shape index (κ3) is 5.37. The highest BCUT2D eigenvalue weighted by Crippen LogP contribution is 2.50. The number of anilines is 1. The van der Waals surface area contributed by atoms with Crippen molar-refractivity contribution < 1.29 is 13.7 Å². The SMILES string of the molecule is CC(C)(C)[S+]([O-])N[C@@H]1c2cccc(F)c2OC12CCN(c1cnc(Sc3ccnc(Cl)c3Cl)cn1)CC2. The topological polar surface area (TPSA) is 86.2 Å². The molecule has 2 aliphatic heterocycles. The molecule has 2 aromatic heterocycles. The zero-order valence-electron chi connectivity index (χ0n) is 20.5. The molecule has 5 rings (SSSR count). The number of piperidine rings is 1. The third-order valence-electron chi connectivity index (χ3n) is 6.50. The van der Waals surface area contributed by atoms with Crippen LogP contribution in [0.2, 0.25) is 10.2 Å². The van der Waals surface area contributed by atoms with Gasteiger partial charge in [0.15, 0.2) is 11.6 Å². The summed E-state index contributed by atoms with van der Waals surface area (Å²) in [5, 5.41) is 1.31. The summed E-state index contributed by atoms with van der Waals surface area (Å²) in [5.41, 5.74) is 0.00444. The fourth-order valence-corrected chi connectivity index (χ4v) is 6.59. The van der Waals surface area contributed by atoms with Crippen LogP contribution in [0.5, 0.6) is 5.75 Å². The van der Waals surface area contributed by atoms with Gasteiger partial charge < -0.3 is 14.2 Å². The molecule has 2 atom stereocenters. The molecule has 1 N–H and O–H groups in total. The van der Waals surface area contributed by atoms with Crippen molar-refractivity contribution in [1.29, 1.82) is 0 Å². The number of aromatic nitrogens is 3. The van der Waals surface area contributed by atoms with E-state index in [9.17, 15) is 8.94 Å². The van der Waals surface area contributed by atoms with Gasteiger partial charge in [0.05, 0.1) is 17.4 Å². The van der Waals surface area contributed by atoms with Crippen LogP contribution in [-0.4, -0.2) is 42.9 Å². The smallest absolute Gasteiger partial charge is 0.165 e. The highest BCUT2D eigenvalue weighted by atomic mass is 35.5. The summed E-state index contributed by atoms with van der Waals surface area (Å²) in [6.45, 7) is 6.98. The van der Waals surface area contributed by atoms with Gasteiger partial charge in [0.1, 0.15) is 32.4 Å². The second-order valence-electron chi connectivity index (χ2n) is 9.97. The lowest BCUT2D eigenvalue weighted by atomic mass is 9.83. The third-order valence-corrected chi connectivity index (χ3v) is 9.92. The van der Waals surface area contributed by atoms with Gasteiger partial charge in [-0.25, -0.2) is 19.3 Å². The minimum atomic E-state index is -1.35. The van der Waals surface area contributed by atoms with E-state index in [1.54, 1.807) is 30.7 Å². The molecule has 2 aliphatic rings. The van der Waals surface area contributed by atoms with Gasteiger partial charge in [-0.05, 0) is 32.9 Å². The first-order chi connectivity index (χ1) is 17.6. The number of benzene rings is 1. The fraction of sp³-hybridized carbons (Fsp3) is 0.400. The molecule has 1 spiro atoms. The number of pyridine rings is 1. The van der Waals surface area contributed by atoms with Crippen LogP contribution in [0.4, 0.5) is 10.2 Å². The Hall–Kier alpha value is -1.82. The summed E-state index contributed by atoms with van der Waals surface area (Å²) < 4.78 is 36.8. The summed E-state index contributed by atoms with van der Waals surface area (Å²) in [5.74, 6) is 0.581. The summed E-state index contributed by atoms with van der Waals surface area (Å²) in [4.78, 5) is 16.0. The first-order valence-electron chi connectivity index (χ1n) is 11.8. The highest BCUT2D eigenvalue weighted by molar-refractivity contribution is 7.99. The van der Waals surface area contributed by atoms with E-state index in [1.165, 1.54) is 17.8 Å². The van der Waals surface area contributed by atoms with Crippen molar-refractivity contribution in [2.45, 2.75) is 59.9 Å². The molecule has 0 bridgehead atoms. The Kier molecular flexibility index (Phi) is 7.52. The van der Waals surface area contributed by atoms with Crippen LogP contribution < -0.4 is 14.4 Å². The second-order valence-corrected chi connectivity index (χ2v) is 13.8. The predicted molar refractivity (Wildman–Crippen MR) is 145 cm³/mol. The number of nitrogens with zero attached hydrogens (tertiary/aromatic N) is 4. The molecule has 3 aromatic rings. The maximum atomic E-state index is 14.7. The maximum Gasteiger partial charge on any atom is 0.165 e. The van der Waals surface area contributed by atoms with Crippen LogP contribution in [0, 0.1) is 5.82 Å². The van der Waals surface area contributed by atoms with Crippen molar-refractivity contribution >= 4 is 52.1 Å². The average molecular weight is 583 g/mol. The second kappa shape index (κ2) is 10.4. The minimum absolute atomic E-state index is 0.244. The van der Waals surface area contributed by atoms with Crippen molar-refractivity contribution in [2.75, 3.05) is 18.0 Å². The van der Waals surface area contributed by atoms with Gasteiger partial charge in [0, 0.05) is 53.9 Å². The summed E-state index contributed by atoms with van der Waals surface area (Å²) in [7, 11) is 0. The Bertz CT molecular complexity index is 1290. The minimum Gasteiger partial charge on any atom is -0.598 e. The molecular formula is C25H26Cl2FN5O2S2. The standard InChI is InChI=1S/C25H26Cl2FN5O2S2/c1-24(2,3)37(34)32-22-15-5-4-6-16(28)21(15)35-25(22)8-11-33(12-9-25)18-13-31-19(14-30-18)36-17-7-10-29-23(27)20(17)26/h4-7,10,13-14,22,32H,8-9,11-12H2,1-3H3/t22-,37?/m1/s1. The van der Waals surface area contributed by atoms with E-state index in [0.717, 1.165) is 10.7 Å². The number of nitrogens with one attached hydrogen (secondary N) is 1. The molecule has 0 saturated carbocycles. The summed E-state index contributed by atoms with van der Waals surface area (Å²) in [6, 6.07) is 6.30. The van der Waals surface area contributed by atoms with Crippen molar-refractivity contribution in [2.24, 2.45) is 0 Å². The lowest BCUT2D eigenvalue weighted by Crippen LogP contribution is -2.55. The molecule has 0 amide bonds. The largest absolute Gasteiger partial charge is 0.598 e. The van der Waals surface area contributed by atoms with E-state index < -0.39 is 27.5 Å². The van der Waals surface area contributed by atoms with Crippen LogP contribution in [0.15, 0.2) is 52.8 Å². The van der Waals surface area contributed by atoms with Gasteiger partial charge in [-0.3, -0.25) is 0 Å². The molecule has 1 aromatic carbocycles. The number of hydrogen-bond acceptors (Lipinski definition) is 8. The van der Waals surface area contributed by atoms with Gasteiger partial charge in [0.25, 0.3) is 0 Å². The Morgan fingerprint density at radius 3 is 2.59 bits per heavy atom. The average Bonchev–Trinajstić information content (AvgIpc) is 3.16. The molecule has 1 unspecified atom stereocenters. The number of ether oxygens (including phenoxy) is 1. The molecule has 37 heavy (non-hydrogen) atoms. The van der Waals surface area contributed by atoms with Gasteiger partial charge >= 0.3 is 0 Å². The monoisotopic (exact) mass is 581 g/mol. The summed E-state index contributed by atoms with van der Waals surface area (Å²) in [6.07, 6.45) is 6.22. The Balaban J connectivity index is 1.31. The first-order valence-corrected chi connectivity index (χ1v) is 14.5. The van der Waals surface area contributed by atoms with Crippen molar-refractivity contribution in [1.82, 2.24) is 19.7 Å². The van der Waals surface area contributed by atoms with E-state index in [1.807, 2.05) is 26.8 Å². The Labute approximate surface area is 232 Å². The molecule has 4 heterocycles. The molecule has 196 valence electrons. The number of rotatable bonds is 5. The van der Waals surface area contributed by atoms with Crippen LogP contribution >= 0.6 is 35.0 Å². The fourth-order valence-electron chi connectivity index (χ4n) is 4.48. The lowest BCUT2D eigenvalue weighted by Gasteiger charge is -2.42. The van der Waals surface area contributed by atoms with E-state index >= 15 is 0 Å². The molecule has 7 nitrogen and oxygen atoms in total. The van der Waals surface area contributed by atoms with Gasteiger partial charge in [-0.1, -0.05) is 47.1 Å². The van der Waals surface area contributed by atoms with Gasteiger partial charge in [-0.15, -0.1) is 4.72 Å². The van der Waals surface area contributed by atoms with Crippen molar-refractivity contribution in [3.63, 3.8) is 0 Å². The predicted octanol–water partition coefficient (Wildman–Crippen LogP) is 5.99. The van der Waals surface area contributed by atoms with E-state index in [4.69, 9.17) is 27.9 Å². The molecule has 12 heteroatoms. The van der Waals surface area contributed by atoms with Gasteiger partial charge in [-0.2, -0.15) is 0 Å². The van der Waals surface area contributed by atoms with Gasteiger partial charge in [0.2, 0.25) is 0 Å². The number of para-hydroxylation sites is 1. The van der Waals surface area contributed by atoms with Crippen LogP contribution in [0.25, 0.3) is 0 Å². The van der Waals surface area contributed by atoms with Crippen molar-refractivity contribution in [3.8, 4) is 5.75 Å². The van der Waals surface area contributed by atoms with Crippen LogP contribution in [0.1, 0.15) is 45.2 Å². The molecule has 0 aliphatic carbocycles. The molecule has 0 radical (unpaired) electrons. The van der Waals surface area contributed by atoms with Crippen molar-refractivity contribution in [3.05, 3.63) is 64.4 Å². The van der Waals surface area contributed by atoms with Crippen LogP contribution in [0.3, 0.4) is 0 Å². The lowest BCUT2D eigenvalue weighted by molar-refractivity contribution is 0.0352. The number of fused-ring (bicyclic) bond motifs is 1. The molecular weight excluding hydrogens is 556 g/mol.